The van der Waals surface area contributed by atoms with Gasteiger partial charge < -0.3 is 9.80 Å². The van der Waals surface area contributed by atoms with Gasteiger partial charge in [0, 0.05) is 32.6 Å². The van der Waals surface area contributed by atoms with E-state index in [1.807, 2.05) is 18.2 Å². The third-order valence-corrected chi connectivity index (χ3v) is 8.29. The zero-order chi connectivity index (χ0) is 21.8. The molecule has 2 aromatic carbocycles. The van der Waals surface area contributed by atoms with Gasteiger partial charge >= 0.3 is 0 Å². The summed E-state index contributed by atoms with van der Waals surface area (Å²) in [6.45, 7) is 4.75. The number of aryl methyl sites for hydroxylation is 1. The number of amides is 1. The van der Waals surface area contributed by atoms with Crippen LogP contribution in [0.5, 0.6) is 0 Å². The van der Waals surface area contributed by atoms with E-state index in [1.54, 1.807) is 28.4 Å². The molecule has 0 atom stereocenters. The lowest BCUT2D eigenvalue weighted by atomic mass is 10.2. The predicted molar refractivity (Wildman–Crippen MR) is 126 cm³/mol. The monoisotopic (exact) mass is 457 g/mol. The second kappa shape index (κ2) is 9.36. The topological polar surface area (TPSA) is 70.6 Å². The second-order valence-electron chi connectivity index (χ2n) is 7.85. The van der Waals surface area contributed by atoms with Crippen LogP contribution in [0.25, 0.3) is 10.2 Å². The van der Waals surface area contributed by atoms with Crippen molar-refractivity contribution < 1.29 is 13.2 Å². The van der Waals surface area contributed by atoms with Crippen LogP contribution in [0.2, 0.25) is 0 Å². The summed E-state index contributed by atoms with van der Waals surface area (Å²) < 4.78 is 25.9. The van der Waals surface area contributed by atoms with Gasteiger partial charge in [0.1, 0.15) is 0 Å². The number of rotatable bonds is 7. The number of sulfone groups is 1. The molecule has 4 rings (SSSR count). The van der Waals surface area contributed by atoms with Crippen LogP contribution in [-0.2, 0) is 26.8 Å². The summed E-state index contributed by atoms with van der Waals surface area (Å²) in [5.41, 5.74) is 3.07. The van der Waals surface area contributed by atoms with Crippen molar-refractivity contribution in [1.29, 1.82) is 0 Å². The van der Waals surface area contributed by atoms with Crippen LogP contribution in [0.3, 0.4) is 0 Å². The fourth-order valence-corrected chi connectivity index (χ4v) is 6.17. The van der Waals surface area contributed by atoms with E-state index in [1.165, 1.54) is 10.3 Å². The van der Waals surface area contributed by atoms with E-state index >= 15 is 0 Å². The first-order valence-corrected chi connectivity index (χ1v) is 13.2. The van der Waals surface area contributed by atoms with Gasteiger partial charge in [-0.3, -0.25) is 4.79 Å². The Hall–Kier alpha value is -2.45. The number of carbonyl (C=O) groups is 1. The lowest BCUT2D eigenvalue weighted by Crippen LogP contribution is -2.49. The standard InChI is InChI=1S/C23H27N3O3S2/c1-2-18-8-9-20-21(16-18)30-23(24-20)26-13-11-25(12-14-26)22(27)10-15-31(28,29)17-19-6-4-3-5-7-19/h3-9,16H,2,10-15,17H2,1H3. The lowest BCUT2D eigenvalue weighted by Gasteiger charge is -2.34. The Morgan fingerprint density at radius 1 is 1.03 bits per heavy atom. The summed E-state index contributed by atoms with van der Waals surface area (Å²) in [6, 6.07) is 15.5. The van der Waals surface area contributed by atoms with Crippen LogP contribution in [0, 0.1) is 0 Å². The number of anilines is 1. The minimum Gasteiger partial charge on any atom is -0.345 e. The maximum Gasteiger partial charge on any atom is 0.223 e. The van der Waals surface area contributed by atoms with E-state index < -0.39 is 9.84 Å². The number of thiazole rings is 1. The number of aromatic nitrogens is 1. The maximum atomic E-state index is 12.6. The second-order valence-corrected chi connectivity index (χ2v) is 11.0. The van der Waals surface area contributed by atoms with Crippen molar-refractivity contribution in [3.05, 3.63) is 59.7 Å². The van der Waals surface area contributed by atoms with Crippen molar-refractivity contribution in [3.8, 4) is 0 Å². The summed E-state index contributed by atoms with van der Waals surface area (Å²) in [5, 5.41) is 0.987. The molecule has 1 aliphatic rings. The Balaban J connectivity index is 1.29. The fraction of sp³-hybridized carbons (Fsp3) is 0.391. The van der Waals surface area contributed by atoms with Crippen molar-refractivity contribution in [1.82, 2.24) is 9.88 Å². The Labute approximate surface area is 187 Å². The third kappa shape index (κ3) is 5.43. The molecule has 0 N–H and O–H groups in total. The highest BCUT2D eigenvalue weighted by Crippen LogP contribution is 2.30. The van der Waals surface area contributed by atoms with Gasteiger partial charge in [0.2, 0.25) is 5.91 Å². The molecule has 8 heteroatoms. The summed E-state index contributed by atoms with van der Waals surface area (Å²) in [6.07, 6.45) is 1.04. The largest absolute Gasteiger partial charge is 0.345 e. The lowest BCUT2D eigenvalue weighted by molar-refractivity contribution is -0.131. The van der Waals surface area contributed by atoms with E-state index in [-0.39, 0.29) is 23.8 Å². The van der Waals surface area contributed by atoms with Gasteiger partial charge in [0.25, 0.3) is 0 Å². The van der Waals surface area contributed by atoms with Crippen LogP contribution in [-0.4, -0.2) is 56.1 Å². The molecule has 1 aliphatic heterocycles. The zero-order valence-corrected chi connectivity index (χ0v) is 19.3. The minimum absolute atomic E-state index is 0.0216. The fourth-order valence-electron chi connectivity index (χ4n) is 3.76. The average molecular weight is 458 g/mol. The Kier molecular flexibility index (Phi) is 6.57. The maximum absolute atomic E-state index is 12.6. The molecule has 1 amide bonds. The van der Waals surface area contributed by atoms with Crippen molar-refractivity contribution in [2.75, 3.05) is 36.8 Å². The van der Waals surface area contributed by atoms with Crippen molar-refractivity contribution in [2.45, 2.75) is 25.5 Å². The molecule has 6 nitrogen and oxygen atoms in total. The number of hydrogen-bond donors (Lipinski definition) is 0. The Morgan fingerprint density at radius 3 is 2.48 bits per heavy atom. The Bertz CT molecular complexity index is 1150. The quantitative estimate of drug-likeness (QED) is 0.543. The molecular weight excluding hydrogens is 430 g/mol. The molecule has 1 fully saturated rings. The number of hydrogen-bond acceptors (Lipinski definition) is 6. The SMILES string of the molecule is CCc1ccc2nc(N3CCN(C(=O)CCS(=O)(=O)Cc4ccccc4)CC3)sc2c1. The summed E-state index contributed by atoms with van der Waals surface area (Å²) in [4.78, 5) is 21.3. The summed E-state index contributed by atoms with van der Waals surface area (Å²) in [5.74, 6) is -0.224. The molecule has 3 aromatic rings. The highest BCUT2D eigenvalue weighted by atomic mass is 32.2. The van der Waals surface area contributed by atoms with E-state index in [0.717, 1.165) is 22.6 Å². The molecule has 164 valence electrons. The molecule has 0 aliphatic carbocycles. The zero-order valence-electron chi connectivity index (χ0n) is 17.7. The molecule has 0 spiro atoms. The molecular formula is C23H27N3O3S2. The van der Waals surface area contributed by atoms with Gasteiger partial charge in [0.05, 0.1) is 21.7 Å². The van der Waals surface area contributed by atoms with Gasteiger partial charge in [-0.25, -0.2) is 13.4 Å². The number of benzene rings is 2. The van der Waals surface area contributed by atoms with Crippen molar-refractivity contribution in [2.24, 2.45) is 0 Å². The van der Waals surface area contributed by atoms with Crippen LogP contribution in [0.1, 0.15) is 24.5 Å². The molecule has 1 aromatic heterocycles. The molecule has 1 saturated heterocycles. The predicted octanol–water partition coefficient (Wildman–Crippen LogP) is 3.51. The van der Waals surface area contributed by atoms with Crippen LogP contribution in [0.15, 0.2) is 48.5 Å². The molecule has 0 unspecified atom stereocenters. The van der Waals surface area contributed by atoms with E-state index in [4.69, 9.17) is 4.98 Å². The van der Waals surface area contributed by atoms with E-state index in [2.05, 4.69) is 30.0 Å². The van der Waals surface area contributed by atoms with Crippen LogP contribution >= 0.6 is 11.3 Å². The smallest absolute Gasteiger partial charge is 0.223 e. The molecule has 31 heavy (non-hydrogen) atoms. The average Bonchev–Trinajstić information content (AvgIpc) is 3.21. The van der Waals surface area contributed by atoms with Gasteiger partial charge in [-0.1, -0.05) is 54.7 Å². The van der Waals surface area contributed by atoms with Crippen LogP contribution in [0.4, 0.5) is 5.13 Å². The van der Waals surface area contributed by atoms with E-state index in [0.29, 0.717) is 26.2 Å². The number of carbonyl (C=O) groups excluding carboxylic acids is 1. The molecule has 0 saturated carbocycles. The highest BCUT2D eigenvalue weighted by molar-refractivity contribution is 7.90. The number of fused-ring (bicyclic) bond motifs is 1. The van der Waals surface area contributed by atoms with Crippen molar-refractivity contribution >= 4 is 42.4 Å². The van der Waals surface area contributed by atoms with Gasteiger partial charge in [0.15, 0.2) is 15.0 Å². The summed E-state index contributed by atoms with van der Waals surface area (Å²) >= 11 is 1.69. The minimum atomic E-state index is -3.31. The van der Waals surface area contributed by atoms with Gasteiger partial charge in [-0.15, -0.1) is 0 Å². The normalized spacial score (nSPS) is 14.9. The summed E-state index contributed by atoms with van der Waals surface area (Å²) in [7, 11) is -3.31. The first-order valence-electron chi connectivity index (χ1n) is 10.6. The third-order valence-electron chi connectivity index (χ3n) is 5.61. The number of nitrogens with zero attached hydrogens (tertiary/aromatic N) is 3. The molecule has 2 heterocycles. The molecule has 0 radical (unpaired) electrons. The first-order chi connectivity index (χ1) is 14.9. The first kappa shape index (κ1) is 21.8. The van der Waals surface area contributed by atoms with Gasteiger partial charge in [-0.05, 0) is 29.7 Å². The van der Waals surface area contributed by atoms with Crippen molar-refractivity contribution in [3.63, 3.8) is 0 Å². The number of piperazine rings is 1. The highest BCUT2D eigenvalue weighted by Gasteiger charge is 2.24. The Morgan fingerprint density at radius 2 is 1.77 bits per heavy atom. The van der Waals surface area contributed by atoms with Crippen LogP contribution < -0.4 is 4.90 Å². The molecule has 0 bridgehead atoms. The van der Waals surface area contributed by atoms with E-state index in [9.17, 15) is 13.2 Å². The van der Waals surface area contributed by atoms with Gasteiger partial charge in [-0.2, -0.15) is 0 Å².